The minimum absolute atomic E-state index is 0.154. The highest BCUT2D eigenvalue weighted by molar-refractivity contribution is 6.31. The summed E-state index contributed by atoms with van der Waals surface area (Å²) in [4.78, 5) is 15.0. The summed E-state index contributed by atoms with van der Waals surface area (Å²) in [5.74, 6) is 0.779. The van der Waals surface area contributed by atoms with Gasteiger partial charge in [-0.2, -0.15) is 0 Å². The molecule has 0 radical (unpaired) electrons. The molecule has 2 aromatic rings. The van der Waals surface area contributed by atoms with E-state index in [0.717, 1.165) is 22.5 Å². The van der Waals surface area contributed by atoms with Gasteiger partial charge in [0.2, 0.25) is 5.91 Å². The number of carbonyl (C=O) groups excluding carboxylic acids is 1. The molecule has 1 amide bonds. The van der Waals surface area contributed by atoms with Gasteiger partial charge in [0.25, 0.3) is 0 Å². The fourth-order valence-electron chi connectivity index (χ4n) is 4.72. The van der Waals surface area contributed by atoms with Crippen LogP contribution in [-0.4, -0.2) is 41.1 Å². The first-order valence-corrected chi connectivity index (χ1v) is 10.3. The van der Waals surface area contributed by atoms with E-state index in [1.54, 1.807) is 0 Å². The van der Waals surface area contributed by atoms with Crippen LogP contribution in [0.5, 0.6) is 0 Å². The van der Waals surface area contributed by atoms with Crippen LogP contribution < -0.4 is 5.32 Å². The van der Waals surface area contributed by atoms with Crippen LogP contribution in [0.2, 0.25) is 5.02 Å². The van der Waals surface area contributed by atoms with Crippen LogP contribution in [0.1, 0.15) is 38.5 Å². The zero-order valence-corrected chi connectivity index (χ0v) is 16.0. The molecule has 0 saturated carbocycles. The van der Waals surface area contributed by atoms with Gasteiger partial charge in [0.15, 0.2) is 0 Å². The van der Waals surface area contributed by atoms with Gasteiger partial charge >= 0.3 is 0 Å². The van der Waals surface area contributed by atoms with Crippen molar-refractivity contribution in [2.75, 3.05) is 19.6 Å². The first-order valence-electron chi connectivity index (χ1n) is 9.96. The van der Waals surface area contributed by atoms with Crippen LogP contribution in [-0.2, 0) is 11.3 Å². The van der Waals surface area contributed by atoms with Crippen LogP contribution in [0.15, 0.2) is 30.5 Å². The van der Waals surface area contributed by atoms with Gasteiger partial charge in [-0.05, 0) is 68.3 Å². The number of amides is 1. The van der Waals surface area contributed by atoms with Crippen molar-refractivity contribution in [2.45, 2.75) is 51.1 Å². The fraction of sp³-hybridized carbons (Fsp3) is 0.571. The second-order valence-electron chi connectivity index (χ2n) is 7.77. The predicted octanol–water partition coefficient (Wildman–Crippen LogP) is 4.07. The molecule has 1 aromatic heterocycles. The lowest BCUT2D eigenvalue weighted by molar-refractivity contribution is -0.121. The van der Waals surface area contributed by atoms with Crippen LogP contribution in [0.25, 0.3) is 10.9 Å². The third-order valence-corrected chi connectivity index (χ3v) is 6.34. The molecule has 2 unspecified atom stereocenters. The number of hydrogen-bond acceptors (Lipinski definition) is 2. The van der Waals surface area contributed by atoms with Gasteiger partial charge < -0.3 is 14.8 Å². The molecule has 4 nitrogen and oxygen atoms in total. The van der Waals surface area contributed by atoms with Crippen molar-refractivity contribution in [3.8, 4) is 0 Å². The molecule has 5 heteroatoms. The highest BCUT2D eigenvalue weighted by atomic mass is 35.5. The minimum atomic E-state index is 0.154. The number of nitrogens with one attached hydrogen (secondary N) is 1. The standard InChI is InChI=1S/C21H28ClN3O/c22-18-7-6-16-8-12-25(20(16)14-18)13-9-21(26)23-15-17-4-3-11-24-10-2-1-5-19(17)24/h6-8,12,14,17,19H,1-5,9-11,13,15H2,(H,23,26). The van der Waals surface area contributed by atoms with E-state index in [-0.39, 0.29) is 5.91 Å². The number of halogens is 1. The maximum atomic E-state index is 12.4. The lowest BCUT2D eigenvalue weighted by Gasteiger charge is -2.44. The first kappa shape index (κ1) is 17.9. The maximum Gasteiger partial charge on any atom is 0.221 e. The maximum absolute atomic E-state index is 12.4. The number of hydrogen-bond donors (Lipinski definition) is 1. The van der Waals surface area contributed by atoms with E-state index in [4.69, 9.17) is 11.6 Å². The van der Waals surface area contributed by atoms with Gasteiger partial charge in [-0.25, -0.2) is 0 Å². The molecule has 26 heavy (non-hydrogen) atoms. The van der Waals surface area contributed by atoms with E-state index in [2.05, 4.69) is 20.9 Å². The first-order chi connectivity index (χ1) is 12.7. The van der Waals surface area contributed by atoms with Crippen molar-refractivity contribution >= 4 is 28.4 Å². The van der Waals surface area contributed by atoms with E-state index in [0.29, 0.717) is 24.9 Å². The van der Waals surface area contributed by atoms with Crippen molar-refractivity contribution in [3.05, 3.63) is 35.5 Å². The highest BCUT2D eigenvalue weighted by Crippen LogP contribution is 2.30. The van der Waals surface area contributed by atoms with Crippen LogP contribution in [0, 0.1) is 5.92 Å². The SMILES string of the molecule is O=C(CCn1ccc2ccc(Cl)cc21)NCC1CCCN2CCCCC12. The number of nitrogens with zero attached hydrogens (tertiary/aromatic N) is 2. The number of fused-ring (bicyclic) bond motifs is 2. The minimum Gasteiger partial charge on any atom is -0.356 e. The van der Waals surface area contributed by atoms with Crippen molar-refractivity contribution in [3.63, 3.8) is 0 Å². The fourth-order valence-corrected chi connectivity index (χ4v) is 4.89. The number of aromatic nitrogens is 1. The van der Waals surface area contributed by atoms with Crippen LogP contribution in [0.4, 0.5) is 0 Å². The molecule has 0 bridgehead atoms. The average Bonchev–Trinajstić information content (AvgIpc) is 3.06. The third kappa shape index (κ3) is 3.91. The Morgan fingerprint density at radius 1 is 1.15 bits per heavy atom. The summed E-state index contributed by atoms with van der Waals surface area (Å²) < 4.78 is 2.12. The van der Waals surface area contributed by atoms with Gasteiger partial charge in [-0.15, -0.1) is 0 Å². The predicted molar refractivity (Wildman–Crippen MR) is 107 cm³/mol. The zero-order valence-electron chi connectivity index (χ0n) is 15.3. The molecule has 2 aliphatic heterocycles. The Morgan fingerprint density at radius 3 is 2.96 bits per heavy atom. The molecule has 4 rings (SSSR count). The molecule has 2 fully saturated rings. The quantitative estimate of drug-likeness (QED) is 0.857. The number of aryl methyl sites for hydroxylation is 1. The summed E-state index contributed by atoms with van der Waals surface area (Å²) in [7, 11) is 0. The van der Waals surface area contributed by atoms with Crippen molar-refractivity contribution in [2.24, 2.45) is 5.92 Å². The van der Waals surface area contributed by atoms with Crippen LogP contribution in [0.3, 0.4) is 0 Å². The third-order valence-electron chi connectivity index (χ3n) is 6.11. The summed E-state index contributed by atoms with van der Waals surface area (Å²) >= 11 is 6.11. The lowest BCUT2D eigenvalue weighted by Crippen LogP contribution is -2.51. The van der Waals surface area contributed by atoms with Gasteiger partial charge in [0, 0.05) is 42.3 Å². The molecular weight excluding hydrogens is 346 g/mol. The second kappa shape index (κ2) is 8.01. The van der Waals surface area contributed by atoms with Gasteiger partial charge in [0.1, 0.15) is 0 Å². The van der Waals surface area contributed by atoms with Crippen LogP contribution >= 0.6 is 11.6 Å². The van der Waals surface area contributed by atoms with E-state index in [1.165, 1.54) is 45.2 Å². The molecule has 3 heterocycles. The van der Waals surface area contributed by atoms with E-state index >= 15 is 0 Å². The molecule has 1 N–H and O–H groups in total. The number of piperidine rings is 2. The Hall–Kier alpha value is -1.52. The number of benzene rings is 1. The van der Waals surface area contributed by atoms with E-state index < -0.39 is 0 Å². The summed E-state index contributed by atoms with van der Waals surface area (Å²) in [6.07, 6.45) is 9.05. The molecule has 2 atom stereocenters. The smallest absolute Gasteiger partial charge is 0.221 e. The van der Waals surface area contributed by atoms with Gasteiger partial charge in [-0.1, -0.05) is 24.1 Å². The van der Waals surface area contributed by atoms with Crippen molar-refractivity contribution < 1.29 is 4.79 Å². The molecule has 1 aromatic carbocycles. The Bertz CT molecular complexity index is 770. The second-order valence-corrected chi connectivity index (χ2v) is 8.20. The lowest BCUT2D eigenvalue weighted by atomic mass is 9.83. The molecule has 2 aliphatic rings. The summed E-state index contributed by atoms with van der Waals surface area (Å²) in [6, 6.07) is 8.65. The van der Waals surface area contributed by atoms with Gasteiger partial charge in [-0.3, -0.25) is 4.79 Å². The molecular formula is C21H28ClN3O. The summed E-state index contributed by atoms with van der Waals surface area (Å²) in [6.45, 7) is 4.02. The zero-order chi connectivity index (χ0) is 17.9. The molecule has 0 aliphatic carbocycles. The van der Waals surface area contributed by atoms with E-state index in [9.17, 15) is 4.79 Å². The highest BCUT2D eigenvalue weighted by Gasteiger charge is 2.32. The number of rotatable bonds is 5. The van der Waals surface area contributed by atoms with Crippen molar-refractivity contribution in [1.29, 1.82) is 0 Å². The van der Waals surface area contributed by atoms with E-state index in [1.807, 2.05) is 24.4 Å². The molecule has 140 valence electrons. The Morgan fingerprint density at radius 2 is 2.04 bits per heavy atom. The molecule has 0 spiro atoms. The normalized spacial score (nSPS) is 23.7. The Balaban J connectivity index is 1.29. The monoisotopic (exact) mass is 373 g/mol. The van der Waals surface area contributed by atoms with Gasteiger partial charge in [0.05, 0.1) is 0 Å². The number of carbonyl (C=O) groups is 1. The topological polar surface area (TPSA) is 37.3 Å². The largest absolute Gasteiger partial charge is 0.356 e. The van der Waals surface area contributed by atoms with Crippen molar-refractivity contribution in [1.82, 2.24) is 14.8 Å². The summed E-state index contributed by atoms with van der Waals surface area (Å²) in [5, 5.41) is 5.10. The average molecular weight is 374 g/mol. The summed E-state index contributed by atoms with van der Waals surface area (Å²) in [5.41, 5.74) is 1.09. The Labute approximate surface area is 160 Å². The molecule has 2 saturated heterocycles. The Kier molecular flexibility index (Phi) is 5.51.